The van der Waals surface area contributed by atoms with Crippen LogP contribution in [0.15, 0.2) is 42.6 Å². The van der Waals surface area contributed by atoms with Gasteiger partial charge in [0.25, 0.3) is 0 Å². The number of carbonyl (C=O) groups is 1. The standard InChI is InChI=1S/C22H31FN3O6PS2/c1-14(2)30-19(27)15(3)25-33(28,32-16-8-6-5-7-9-16)29-13-17-12-22(4,23)20(31-17)26-11-10-18(34)24-21(26)35/h5-11,14-15,17,20-21,35H,12-13H2,1-4H3,(H,24,34)(H,25,28). The summed E-state index contributed by atoms with van der Waals surface area (Å²) in [6, 6.07) is 7.39. The second-order valence-corrected chi connectivity index (χ2v) is 11.4. The molecule has 0 spiro atoms. The number of ether oxygens (including phenoxy) is 2. The van der Waals surface area contributed by atoms with E-state index in [0.29, 0.717) is 4.99 Å². The molecule has 6 unspecified atom stereocenters. The average molecular weight is 548 g/mol. The van der Waals surface area contributed by atoms with Gasteiger partial charge in [-0.15, -0.1) is 12.6 Å². The van der Waals surface area contributed by atoms with E-state index in [1.165, 1.54) is 13.8 Å². The first-order valence-corrected chi connectivity index (χ1v) is 13.6. The van der Waals surface area contributed by atoms with Gasteiger partial charge in [0, 0.05) is 12.6 Å². The van der Waals surface area contributed by atoms with Crippen molar-refractivity contribution >= 4 is 43.6 Å². The zero-order valence-electron chi connectivity index (χ0n) is 19.9. The van der Waals surface area contributed by atoms with Gasteiger partial charge in [0.05, 0.1) is 18.8 Å². The molecule has 2 aliphatic heterocycles. The highest BCUT2D eigenvalue weighted by molar-refractivity contribution is 7.82. The van der Waals surface area contributed by atoms with Crippen LogP contribution >= 0.6 is 32.6 Å². The minimum Gasteiger partial charge on any atom is -0.462 e. The van der Waals surface area contributed by atoms with Crippen LogP contribution in [0.4, 0.5) is 4.39 Å². The van der Waals surface area contributed by atoms with Crippen LogP contribution < -0.4 is 14.9 Å². The molecular weight excluding hydrogens is 516 g/mol. The molecule has 194 valence electrons. The van der Waals surface area contributed by atoms with E-state index < -0.39 is 43.3 Å². The Kier molecular flexibility index (Phi) is 9.22. The molecule has 6 atom stereocenters. The normalized spacial score (nSPS) is 28.9. The van der Waals surface area contributed by atoms with Crippen molar-refractivity contribution < 1.29 is 32.3 Å². The summed E-state index contributed by atoms with van der Waals surface area (Å²) in [6.45, 7) is 6.07. The van der Waals surface area contributed by atoms with Crippen molar-refractivity contribution in [3.63, 3.8) is 0 Å². The summed E-state index contributed by atoms with van der Waals surface area (Å²) >= 11 is 9.50. The van der Waals surface area contributed by atoms with Gasteiger partial charge < -0.3 is 24.2 Å². The van der Waals surface area contributed by atoms with E-state index >= 15 is 4.39 Å². The van der Waals surface area contributed by atoms with Crippen molar-refractivity contribution in [2.75, 3.05) is 6.61 Å². The van der Waals surface area contributed by atoms with E-state index in [9.17, 15) is 9.36 Å². The molecule has 0 bridgehead atoms. The Morgan fingerprint density at radius 2 is 2.09 bits per heavy atom. The van der Waals surface area contributed by atoms with Crippen LogP contribution in [-0.2, 0) is 23.4 Å². The highest BCUT2D eigenvalue weighted by Gasteiger charge is 2.50. The van der Waals surface area contributed by atoms with Crippen molar-refractivity contribution in [2.24, 2.45) is 0 Å². The third-order valence-corrected chi connectivity index (χ3v) is 7.44. The first-order chi connectivity index (χ1) is 16.4. The number of benzene rings is 1. The van der Waals surface area contributed by atoms with Crippen LogP contribution in [0.3, 0.4) is 0 Å². The number of alkyl halides is 1. The molecule has 35 heavy (non-hydrogen) atoms. The van der Waals surface area contributed by atoms with Gasteiger partial charge in [0.2, 0.25) is 0 Å². The number of para-hydroxylation sites is 1. The monoisotopic (exact) mass is 547 g/mol. The fraction of sp³-hybridized carbons (Fsp3) is 0.545. The third kappa shape index (κ3) is 7.65. The number of hydrogen-bond donors (Lipinski definition) is 3. The summed E-state index contributed by atoms with van der Waals surface area (Å²) in [7, 11) is -4.09. The molecule has 0 saturated carbocycles. The molecule has 0 radical (unpaired) electrons. The number of carbonyl (C=O) groups excluding carboxylic acids is 1. The van der Waals surface area contributed by atoms with Gasteiger partial charge in [-0.25, -0.2) is 8.96 Å². The maximum atomic E-state index is 15.5. The molecule has 2 heterocycles. The number of nitrogens with one attached hydrogen (secondary N) is 2. The molecule has 2 N–H and O–H groups in total. The number of hydrogen-bond acceptors (Lipinski definition) is 9. The van der Waals surface area contributed by atoms with Crippen LogP contribution in [0.25, 0.3) is 0 Å². The predicted molar refractivity (Wildman–Crippen MR) is 137 cm³/mol. The summed E-state index contributed by atoms with van der Waals surface area (Å²) in [4.78, 5) is 14.3. The van der Waals surface area contributed by atoms with Crippen molar-refractivity contribution in [1.29, 1.82) is 0 Å². The van der Waals surface area contributed by atoms with Crippen LogP contribution in [0.2, 0.25) is 0 Å². The Balaban J connectivity index is 1.70. The first kappa shape index (κ1) is 27.9. The van der Waals surface area contributed by atoms with Crippen molar-refractivity contribution in [1.82, 2.24) is 15.3 Å². The summed E-state index contributed by atoms with van der Waals surface area (Å²) in [5.41, 5.74) is -2.33. The number of esters is 1. The molecule has 0 amide bonds. The van der Waals surface area contributed by atoms with E-state index in [0.717, 1.165) is 0 Å². The molecule has 1 aromatic rings. The van der Waals surface area contributed by atoms with Crippen molar-refractivity contribution in [3.8, 4) is 5.75 Å². The minimum absolute atomic E-state index is 0.0246. The Bertz CT molecular complexity index is 983. The van der Waals surface area contributed by atoms with E-state index in [1.807, 2.05) is 0 Å². The molecule has 9 nitrogen and oxygen atoms in total. The van der Waals surface area contributed by atoms with Gasteiger partial charge in [0.1, 0.15) is 22.3 Å². The molecular formula is C22H31FN3O6PS2. The number of rotatable bonds is 10. The molecule has 1 saturated heterocycles. The third-order valence-electron chi connectivity index (χ3n) is 5.14. The number of halogens is 1. The molecule has 3 rings (SSSR count). The van der Waals surface area contributed by atoms with Crippen LogP contribution in [0.1, 0.15) is 34.1 Å². The number of nitrogens with zero attached hydrogens (tertiary/aromatic N) is 1. The number of thiocarbonyl (C=S) groups is 1. The molecule has 1 fully saturated rings. The SMILES string of the molecule is CC(C)OC(=O)C(C)NP(=O)(OCC1CC(C)(F)C(N2C=CC(=S)NC2S)O1)Oc1ccccc1. The lowest BCUT2D eigenvalue weighted by Crippen LogP contribution is -2.54. The summed E-state index contributed by atoms with van der Waals surface area (Å²) in [6.07, 6.45) is 1.14. The lowest BCUT2D eigenvalue weighted by atomic mass is 10.0. The van der Waals surface area contributed by atoms with Crippen LogP contribution in [0.5, 0.6) is 5.75 Å². The fourth-order valence-corrected chi connectivity index (χ4v) is 5.72. The second kappa shape index (κ2) is 11.6. The zero-order valence-corrected chi connectivity index (χ0v) is 22.5. The van der Waals surface area contributed by atoms with E-state index in [2.05, 4.69) is 23.0 Å². The second-order valence-electron chi connectivity index (χ2n) is 8.77. The average Bonchev–Trinajstić information content (AvgIpc) is 3.06. The Morgan fingerprint density at radius 3 is 2.71 bits per heavy atom. The van der Waals surface area contributed by atoms with Gasteiger partial charge in [-0.1, -0.05) is 30.4 Å². The van der Waals surface area contributed by atoms with Crippen LogP contribution in [0, 0.1) is 0 Å². The molecule has 2 aliphatic rings. The first-order valence-electron chi connectivity index (χ1n) is 11.1. The van der Waals surface area contributed by atoms with E-state index in [4.69, 9.17) is 30.7 Å². The van der Waals surface area contributed by atoms with Crippen molar-refractivity contribution in [2.45, 2.75) is 69.8 Å². The van der Waals surface area contributed by atoms with Gasteiger partial charge in [0.15, 0.2) is 11.9 Å². The largest absolute Gasteiger partial charge is 0.462 e. The molecule has 13 heteroatoms. The zero-order chi connectivity index (χ0) is 25.8. The Morgan fingerprint density at radius 1 is 1.40 bits per heavy atom. The predicted octanol–water partition coefficient (Wildman–Crippen LogP) is 3.92. The van der Waals surface area contributed by atoms with Gasteiger partial charge in [-0.2, -0.15) is 5.09 Å². The highest BCUT2D eigenvalue weighted by Crippen LogP contribution is 2.46. The number of thiol groups is 1. The van der Waals surface area contributed by atoms with Gasteiger partial charge >= 0.3 is 13.7 Å². The highest BCUT2D eigenvalue weighted by atomic mass is 32.1. The van der Waals surface area contributed by atoms with E-state index in [1.54, 1.807) is 61.4 Å². The summed E-state index contributed by atoms with van der Waals surface area (Å²) in [5, 5.41) is 5.53. The topological polar surface area (TPSA) is 98.4 Å². The van der Waals surface area contributed by atoms with E-state index in [-0.39, 0.29) is 24.9 Å². The Hall–Kier alpha value is -1.69. The lowest BCUT2D eigenvalue weighted by molar-refractivity contribution is -0.149. The molecule has 1 aromatic carbocycles. The smallest absolute Gasteiger partial charge is 0.459 e. The Labute approximate surface area is 215 Å². The van der Waals surface area contributed by atoms with Crippen LogP contribution in [-0.4, -0.2) is 58.1 Å². The fourth-order valence-electron chi connectivity index (χ4n) is 3.60. The molecule has 0 aromatic heterocycles. The lowest BCUT2D eigenvalue weighted by Gasteiger charge is -2.39. The quantitative estimate of drug-likeness (QED) is 0.173. The van der Waals surface area contributed by atoms with Gasteiger partial charge in [-0.05, 0) is 45.9 Å². The minimum atomic E-state index is -4.09. The van der Waals surface area contributed by atoms with Gasteiger partial charge in [-0.3, -0.25) is 9.32 Å². The molecule has 0 aliphatic carbocycles. The maximum absolute atomic E-state index is 15.5. The van der Waals surface area contributed by atoms with Crippen molar-refractivity contribution in [3.05, 3.63) is 42.6 Å². The summed E-state index contributed by atoms with van der Waals surface area (Å²) in [5.74, 6) is -0.345. The summed E-state index contributed by atoms with van der Waals surface area (Å²) < 4.78 is 51.4. The maximum Gasteiger partial charge on any atom is 0.459 e.